The first-order valence-corrected chi connectivity index (χ1v) is 13.0. The van der Waals surface area contributed by atoms with E-state index in [-0.39, 0.29) is 11.9 Å². The molecule has 2 aromatic carbocycles. The van der Waals surface area contributed by atoms with Crippen molar-refractivity contribution in [2.24, 2.45) is 0 Å². The second-order valence-electron chi connectivity index (χ2n) is 8.22. The van der Waals surface area contributed by atoms with E-state index in [1.807, 2.05) is 48.6 Å². The van der Waals surface area contributed by atoms with Gasteiger partial charge < -0.3 is 26.0 Å². The van der Waals surface area contributed by atoms with Crippen molar-refractivity contribution < 1.29 is 14.3 Å². The van der Waals surface area contributed by atoms with Gasteiger partial charge in [0.1, 0.15) is 21.5 Å². The molecule has 0 atom stereocenters. The summed E-state index contributed by atoms with van der Waals surface area (Å²) in [5, 5.41) is 11.4. The van der Waals surface area contributed by atoms with Crippen LogP contribution in [0.25, 0.3) is 21.1 Å². The molecular weight excluding hydrogens is 510 g/mol. The van der Waals surface area contributed by atoms with E-state index < -0.39 is 0 Å². The minimum atomic E-state index is -0.338. The third-order valence-corrected chi connectivity index (χ3v) is 7.15. The number of nitrogens with two attached hydrogens (primary N) is 1. The Morgan fingerprint density at radius 3 is 2.68 bits per heavy atom. The molecule has 2 aromatic heterocycles. The fourth-order valence-electron chi connectivity index (χ4n) is 3.31. The number of rotatable bonds is 9. The Kier molecular flexibility index (Phi) is 8.33. The highest BCUT2D eigenvalue weighted by Gasteiger charge is 2.17. The fourth-order valence-corrected chi connectivity index (χ4v) is 5.12. The van der Waals surface area contributed by atoms with Crippen molar-refractivity contribution in [1.82, 2.24) is 20.2 Å². The zero-order valence-electron chi connectivity index (χ0n) is 20.6. The quantitative estimate of drug-likeness (QED) is 0.248. The number of amides is 3. The summed E-state index contributed by atoms with van der Waals surface area (Å²) in [6.07, 6.45) is 0. The molecule has 3 amide bonds. The molecule has 4 aromatic rings. The first-order valence-electron chi connectivity index (χ1n) is 11.3. The number of anilines is 3. The van der Waals surface area contributed by atoms with Gasteiger partial charge in [0.2, 0.25) is 0 Å². The van der Waals surface area contributed by atoms with E-state index in [2.05, 4.69) is 20.9 Å². The third-order valence-electron chi connectivity index (χ3n) is 5.16. The molecule has 10 nitrogen and oxygen atoms in total. The van der Waals surface area contributed by atoms with E-state index in [0.29, 0.717) is 44.4 Å². The van der Waals surface area contributed by atoms with Gasteiger partial charge in [-0.2, -0.15) is 0 Å². The molecular formula is C25H27N7O3S2. The Morgan fingerprint density at radius 2 is 1.89 bits per heavy atom. The Balaban J connectivity index is 1.44. The van der Waals surface area contributed by atoms with Crippen LogP contribution in [0.3, 0.4) is 0 Å². The SMILES string of the molecule is COc1cccc(C(=O)Nc2cccc(-c3csc(-c4sc(NC(=O)NCCN(C)C)nc4N)n3)c2)c1. The minimum absolute atomic E-state index is 0.238. The van der Waals surface area contributed by atoms with E-state index in [1.54, 1.807) is 31.4 Å². The van der Waals surface area contributed by atoms with Crippen LogP contribution < -0.4 is 26.4 Å². The lowest BCUT2D eigenvalue weighted by Gasteiger charge is -2.10. The molecule has 0 fully saturated rings. The first-order chi connectivity index (χ1) is 17.8. The number of nitrogens with zero attached hydrogens (tertiary/aromatic N) is 3. The van der Waals surface area contributed by atoms with Gasteiger partial charge in [-0.05, 0) is 44.4 Å². The number of aromatic nitrogens is 2. The van der Waals surface area contributed by atoms with Crippen LogP contribution in [0, 0.1) is 0 Å². The van der Waals surface area contributed by atoms with E-state index >= 15 is 0 Å². The maximum atomic E-state index is 12.7. The number of hydrogen-bond donors (Lipinski definition) is 4. The predicted octanol–water partition coefficient (Wildman–Crippen LogP) is 4.46. The van der Waals surface area contributed by atoms with Gasteiger partial charge in [-0.3, -0.25) is 10.1 Å². The van der Waals surface area contributed by atoms with Crippen molar-refractivity contribution in [3.8, 4) is 26.9 Å². The predicted molar refractivity (Wildman–Crippen MR) is 150 cm³/mol. The molecule has 37 heavy (non-hydrogen) atoms. The van der Waals surface area contributed by atoms with Crippen LogP contribution in [0.4, 0.5) is 21.4 Å². The van der Waals surface area contributed by atoms with E-state index in [1.165, 1.54) is 22.7 Å². The van der Waals surface area contributed by atoms with E-state index in [9.17, 15) is 9.59 Å². The minimum Gasteiger partial charge on any atom is -0.497 e. The number of likely N-dealkylation sites (N-methyl/N-ethyl adjacent to an activating group) is 1. The Bertz CT molecular complexity index is 1400. The zero-order valence-corrected chi connectivity index (χ0v) is 22.2. The van der Waals surface area contributed by atoms with Gasteiger partial charge in [-0.1, -0.05) is 29.5 Å². The molecule has 0 radical (unpaired) electrons. The second-order valence-corrected chi connectivity index (χ2v) is 10.1. The van der Waals surface area contributed by atoms with Crippen molar-refractivity contribution in [1.29, 1.82) is 0 Å². The molecule has 0 bridgehead atoms. The highest BCUT2D eigenvalue weighted by atomic mass is 32.1. The smallest absolute Gasteiger partial charge is 0.321 e. The molecule has 0 spiro atoms. The van der Waals surface area contributed by atoms with Gasteiger partial charge in [0.05, 0.1) is 12.8 Å². The second kappa shape index (κ2) is 11.8. The number of hydrogen-bond acceptors (Lipinski definition) is 9. The molecule has 0 aliphatic carbocycles. The molecule has 192 valence electrons. The van der Waals surface area contributed by atoms with Crippen molar-refractivity contribution in [3.05, 3.63) is 59.5 Å². The average Bonchev–Trinajstić information content (AvgIpc) is 3.50. The number of urea groups is 1. The fraction of sp³-hybridized carbons (Fsp3) is 0.200. The van der Waals surface area contributed by atoms with Crippen molar-refractivity contribution in [2.45, 2.75) is 0 Å². The standard InChI is InChI=1S/C25H27N7O3S2/c1-32(2)11-10-27-24(34)31-25-30-21(26)20(37-25)23-29-19(14-36-23)15-6-4-8-17(12-15)28-22(33)16-7-5-9-18(13-16)35-3/h4-9,12-14H,10-11,26H2,1-3H3,(H,28,33)(H2,27,30,31,34). The summed E-state index contributed by atoms with van der Waals surface area (Å²) in [6, 6.07) is 14.1. The van der Waals surface area contributed by atoms with Gasteiger partial charge in [0.15, 0.2) is 5.13 Å². The van der Waals surface area contributed by atoms with Gasteiger partial charge in [0.25, 0.3) is 5.91 Å². The monoisotopic (exact) mass is 537 g/mol. The summed E-state index contributed by atoms with van der Waals surface area (Å²) < 4.78 is 5.20. The summed E-state index contributed by atoms with van der Waals surface area (Å²) in [6.45, 7) is 1.24. The van der Waals surface area contributed by atoms with Crippen LogP contribution in [0.15, 0.2) is 53.9 Å². The number of carbonyl (C=O) groups is 2. The lowest BCUT2D eigenvalue weighted by molar-refractivity contribution is 0.102. The number of carbonyl (C=O) groups excluding carboxylic acids is 2. The van der Waals surface area contributed by atoms with Gasteiger partial charge in [-0.25, -0.2) is 14.8 Å². The topological polar surface area (TPSA) is 134 Å². The summed E-state index contributed by atoms with van der Waals surface area (Å²) in [5.41, 5.74) is 8.84. The van der Waals surface area contributed by atoms with Crippen LogP contribution in [0.2, 0.25) is 0 Å². The number of thiazole rings is 2. The largest absolute Gasteiger partial charge is 0.497 e. The summed E-state index contributed by atoms with van der Waals surface area (Å²) in [4.78, 5) is 36.4. The maximum absolute atomic E-state index is 12.7. The number of ether oxygens (including phenoxy) is 1. The summed E-state index contributed by atoms with van der Waals surface area (Å²) in [7, 11) is 5.43. The molecule has 0 saturated heterocycles. The van der Waals surface area contributed by atoms with E-state index in [0.717, 1.165) is 17.8 Å². The Hall–Kier alpha value is -4.00. The van der Waals surface area contributed by atoms with Crippen molar-refractivity contribution in [2.75, 3.05) is 50.7 Å². The lowest BCUT2D eigenvalue weighted by Crippen LogP contribution is -2.34. The first kappa shape index (κ1) is 26.1. The molecule has 0 saturated carbocycles. The lowest BCUT2D eigenvalue weighted by atomic mass is 10.1. The molecule has 12 heteroatoms. The molecule has 5 N–H and O–H groups in total. The van der Waals surface area contributed by atoms with Crippen LogP contribution in [-0.2, 0) is 0 Å². The molecule has 0 unspecified atom stereocenters. The van der Waals surface area contributed by atoms with Crippen LogP contribution in [0.5, 0.6) is 5.75 Å². The molecule has 0 aliphatic heterocycles. The van der Waals surface area contributed by atoms with Crippen LogP contribution >= 0.6 is 22.7 Å². The summed E-state index contributed by atoms with van der Waals surface area (Å²) >= 11 is 2.69. The number of benzene rings is 2. The van der Waals surface area contributed by atoms with Crippen LogP contribution in [0.1, 0.15) is 10.4 Å². The molecule has 2 heterocycles. The van der Waals surface area contributed by atoms with Crippen molar-refractivity contribution in [3.63, 3.8) is 0 Å². The third kappa shape index (κ3) is 6.82. The average molecular weight is 538 g/mol. The molecule has 0 aliphatic rings. The van der Waals surface area contributed by atoms with Gasteiger partial charge in [-0.15, -0.1) is 11.3 Å². The highest BCUT2D eigenvalue weighted by molar-refractivity contribution is 7.23. The number of nitrogens with one attached hydrogen (secondary N) is 3. The van der Waals surface area contributed by atoms with Crippen LogP contribution in [-0.4, -0.2) is 61.1 Å². The highest BCUT2D eigenvalue weighted by Crippen LogP contribution is 2.38. The van der Waals surface area contributed by atoms with Crippen molar-refractivity contribution >= 4 is 51.2 Å². The maximum Gasteiger partial charge on any atom is 0.321 e. The van der Waals surface area contributed by atoms with E-state index in [4.69, 9.17) is 15.5 Å². The Morgan fingerprint density at radius 1 is 1.08 bits per heavy atom. The number of methoxy groups -OCH3 is 1. The Labute approximate surface area is 222 Å². The summed E-state index contributed by atoms with van der Waals surface area (Å²) in [5.74, 6) is 0.675. The zero-order chi connectivity index (χ0) is 26.4. The van der Waals surface area contributed by atoms with Gasteiger partial charge >= 0.3 is 6.03 Å². The molecule has 4 rings (SSSR count). The van der Waals surface area contributed by atoms with Gasteiger partial charge in [0, 0.05) is 35.3 Å². The number of nitrogen functional groups attached to an aromatic ring is 1. The normalized spacial score (nSPS) is 10.8.